The molecule has 1 N–H and O–H groups in total. The van der Waals surface area contributed by atoms with E-state index in [1.165, 1.54) is 57.8 Å². The second-order valence-electron chi connectivity index (χ2n) is 7.63. The van der Waals surface area contributed by atoms with Crippen molar-refractivity contribution in [3.63, 3.8) is 0 Å². The van der Waals surface area contributed by atoms with Gasteiger partial charge in [0.05, 0.1) is 6.61 Å². The van der Waals surface area contributed by atoms with Gasteiger partial charge in [0, 0.05) is 10.9 Å². The maximum atomic E-state index is 11.3. The minimum absolute atomic E-state index is 0.437. The summed E-state index contributed by atoms with van der Waals surface area (Å²) < 4.78 is 10.7. The van der Waals surface area contributed by atoms with Gasteiger partial charge >= 0.3 is 5.76 Å². The largest absolute Gasteiger partial charge is 0.493 e. The van der Waals surface area contributed by atoms with Crippen molar-refractivity contribution >= 4 is 10.8 Å². The van der Waals surface area contributed by atoms with Crippen LogP contribution in [-0.4, -0.2) is 16.7 Å². The first kappa shape index (κ1) is 21.2. The van der Waals surface area contributed by atoms with E-state index in [-0.39, 0.29) is 0 Å². The normalized spacial score (nSPS) is 11.2. The standard InChI is InChI=1S/C24H32N2O3/c1-2-3-4-5-6-7-8-9-10-13-18-28-22-17-16-21(23-25-24(27)29-26-23)19-14-11-12-15-20(19)22/h11-12,14-17H,2-10,13,18H2,1H3,(H,25,26,27). The van der Waals surface area contributed by atoms with Crippen LogP contribution in [0.15, 0.2) is 45.7 Å². The van der Waals surface area contributed by atoms with Gasteiger partial charge in [-0.3, -0.25) is 9.51 Å². The monoisotopic (exact) mass is 396 g/mol. The number of ether oxygens (including phenoxy) is 1. The first-order chi connectivity index (χ1) is 14.3. The molecular weight excluding hydrogens is 364 g/mol. The van der Waals surface area contributed by atoms with E-state index in [9.17, 15) is 4.79 Å². The Morgan fingerprint density at radius 2 is 1.52 bits per heavy atom. The van der Waals surface area contributed by atoms with Gasteiger partial charge in [0.25, 0.3) is 0 Å². The third-order valence-electron chi connectivity index (χ3n) is 5.33. The van der Waals surface area contributed by atoms with E-state index < -0.39 is 5.76 Å². The summed E-state index contributed by atoms with van der Waals surface area (Å²) in [5, 5.41) is 5.81. The first-order valence-corrected chi connectivity index (χ1v) is 11.0. The zero-order valence-electron chi connectivity index (χ0n) is 17.4. The van der Waals surface area contributed by atoms with E-state index in [2.05, 4.69) is 21.6 Å². The number of aromatic amines is 1. The predicted molar refractivity (Wildman–Crippen MR) is 117 cm³/mol. The van der Waals surface area contributed by atoms with Gasteiger partial charge in [0.2, 0.25) is 0 Å². The van der Waals surface area contributed by atoms with Crippen molar-refractivity contribution < 1.29 is 9.26 Å². The molecule has 3 rings (SSSR count). The van der Waals surface area contributed by atoms with Crippen molar-refractivity contribution in [2.24, 2.45) is 0 Å². The molecule has 0 spiro atoms. The first-order valence-electron chi connectivity index (χ1n) is 11.0. The molecule has 0 aliphatic carbocycles. The Morgan fingerprint density at radius 3 is 2.17 bits per heavy atom. The summed E-state index contributed by atoms with van der Waals surface area (Å²) in [4.78, 5) is 13.9. The Morgan fingerprint density at radius 1 is 0.862 bits per heavy atom. The Hall–Kier alpha value is -2.56. The fraction of sp³-hybridized carbons (Fsp3) is 0.500. The van der Waals surface area contributed by atoms with Crippen LogP contribution >= 0.6 is 0 Å². The molecule has 0 bridgehead atoms. The molecule has 0 amide bonds. The van der Waals surface area contributed by atoms with Gasteiger partial charge in [-0.1, -0.05) is 94.1 Å². The average molecular weight is 397 g/mol. The van der Waals surface area contributed by atoms with Gasteiger partial charge in [-0.15, -0.1) is 0 Å². The van der Waals surface area contributed by atoms with Crippen LogP contribution in [-0.2, 0) is 0 Å². The number of aromatic nitrogens is 2. The molecule has 0 aliphatic heterocycles. The lowest BCUT2D eigenvalue weighted by Crippen LogP contribution is -1.99. The molecule has 5 nitrogen and oxygen atoms in total. The number of benzene rings is 2. The number of unbranched alkanes of at least 4 members (excludes halogenated alkanes) is 9. The number of hydrogen-bond acceptors (Lipinski definition) is 4. The summed E-state index contributed by atoms with van der Waals surface area (Å²) in [5.41, 5.74) is 0.831. The van der Waals surface area contributed by atoms with Crippen LogP contribution in [0, 0.1) is 0 Å². The molecule has 0 saturated heterocycles. The van der Waals surface area contributed by atoms with Crippen molar-refractivity contribution in [1.82, 2.24) is 10.1 Å². The van der Waals surface area contributed by atoms with Crippen molar-refractivity contribution in [2.75, 3.05) is 6.61 Å². The van der Waals surface area contributed by atoms with Crippen LogP contribution in [0.1, 0.15) is 71.1 Å². The van der Waals surface area contributed by atoms with E-state index in [0.717, 1.165) is 35.1 Å². The molecule has 3 aromatic rings. The van der Waals surface area contributed by atoms with E-state index in [1.54, 1.807) is 0 Å². The number of hydrogen-bond donors (Lipinski definition) is 1. The summed E-state index contributed by atoms with van der Waals surface area (Å²) in [6.07, 6.45) is 13.1. The van der Waals surface area contributed by atoms with Gasteiger partial charge < -0.3 is 4.74 Å². The molecule has 0 unspecified atom stereocenters. The smallest absolute Gasteiger partial charge is 0.439 e. The van der Waals surface area contributed by atoms with Crippen LogP contribution < -0.4 is 10.5 Å². The molecule has 29 heavy (non-hydrogen) atoms. The van der Waals surface area contributed by atoms with Gasteiger partial charge in [-0.25, -0.2) is 4.79 Å². The molecule has 156 valence electrons. The fourth-order valence-corrected chi connectivity index (χ4v) is 3.72. The molecule has 0 saturated carbocycles. The lowest BCUT2D eigenvalue weighted by atomic mass is 10.0. The highest BCUT2D eigenvalue weighted by atomic mass is 16.5. The van der Waals surface area contributed by atoms with Crippen LogP contribution in [0.2, 0.25) is 0 Å². The lowest BCUT2D eigenvalue weighted by Gasteiger charge is -2.11. The zero-order chi connectivity index (χ0) is 20.3. The molecule has 0 fully saturated rings. The molecule has 1 aromatic heterocycles. The summed E-state index contributed by atoms with van der Waals surface area (Å²) >= 11 is 0. The number of nitrogens with zero attached hydrogens (tertiary/aromatic N) is 1. The molecule has 5 heteroatoms. The molecule has 1 heterocycles. The van der Waals surface area contributed by atoms with Crippen molar-refractivity contribution in [1.29, 1.82) is 0 Å². The fourth-order valence-electron chi connectivity index (χ4n) is 3.72. The summed E-state index contributed by atoms with van der Waals surface area (Å²) in [6.45, 7) is 2.98. The van der Waals surface area contributed by atoms with E-state index in [4.69, 9.17) is 4.74 Å². The molecule has 0 aliphatic rings. The highest BCUT2D eigenvalue weighted by molar-refractivity contribution is 5.98. The number of nitrogens with one attached hydrogen (secondary N) is 1. The lowest BCUT2D eigenvalue weighted by molar-refractivity contribution is 0.307. The van der Waals surface area contributed by atoms with Crippen LogP contribution in [0.4, 0.5) is 0 Å². The van der Waals surface area contributed by atoms with Crippen LogP contribution in [0.3, 0.4) is 0 Å². The van der Waals surface area contributed by atoms with Gasteiger partial charge in [0.1, 0.15) is 5.75 Å². The second kappa shape index (κ2) is 11.4. The summed E-state index contributed by atoms with van der Waals surface area (Å²) in [7, 11) is 0. The number of rotatable bonds is 13. The SMILES string of the molecule is CCCCCCCCCCCCOc1ccc(-c2noc(=O)[nH]2)c2ccccc12. The Kier molecular flexibility index (Phi) is 8.35. The number of H-pyrrole nitrogens is 1. The van der Waals surface area contributed by atoms with E-state index in [1.807, 2.05) is 36.4 Å². The molecule has 0 radical (unpaired) electrons. The second-order valence-corrected chi connectivity index (χ2v) is 7.63. The average Bonchev–Trinajstić information content (AvgIpc) is 3.18. The number of fused-ring (bicyclic) bond motifs is 1. The third-order valence-corrected chi connectivity index (χ3v) is 5.33. The van der Waals surface area contributed by atoms with Gasteiger partial charge in [0.15, 0.2) is 5.82 Å². The maximum Gasteiger partial charge on any atom is 0.439 e. The van der Waals surface area contributed by atoms with Gasteiger partial charge in [-0.2, -0.15) is 0 Å². The Bertz CT molecular complexity index is 929. The molecule has 2 aromatic carbocycles. The Balaban J connectivity index is 1.46. The van der Waals surface area contributed by atoms with Crippen LogP contribution in [0.5, 0.6) is 5.75 Å². The highest BCUT2D eigenvalue weighted by Gasteiger charge is 2.11. The van der Waals surface area contributed by atoms with Crippen molar-refractivity contribution in [2.45, 2.75) is 71.1 Å². The highest BCUT2D eigenvalue weighted by Crippen LogP contribution is 2.32. The quantitative estimate of drug-likeness (QED) is 0.336. The van der Waals surface area contributed by atoms with E-state index in [0.29, 0.717) is 5.82 Å². The third kappa shape index (κ3) is 6.21. The van der Waals surface area contributed by atoms with E-state index >= 15 is 0 Å². The topological polar surface area (TPSA) is 68.1 Å². The van der Waals surface area contributed by atoms with Crippen LogP contribution in [0.25, 0.3) is 22.2 Å². The summed E-state index contributed by atoms with van der Waals surface area (Å²) in [6, 6.07) is 11.9. The minimum atomic E-state index is -0.551. The molecular formula is C24H32N2O3. The molecule has 0 atom stereocenters. The van der Waals surface area contributed by atoms with Crippen molar-refractivity contribution in [3.05, 3.63) is 46.9 Å². The van der Waals surface area contributed by atoms with Crippen molar-refractivity contribution in [3.8, 4) is 17.1 Å². The Labute approximate surface area is 172 Å². The van der Waals surface area contributed by atoms with Gasteiger partial charge in [-0.05, 0) is 23.9 Å². The maximum absolute atomic E-state index is 11.3. The predicted octanol–water partition coefficient (Wildman–Crippen LogP) is 6.48. The zero-order valence-corrected chi connectivity index (χ0v) is 17.4. The summed E-state index contributed by atoms with van der Waals surface area (Å²) in [5.74, 6) is 0.754. The minimum Gasteiger partial charge on any atom is -0.493 e.